The fourth-order valence-corrected chi connectivity index (χ4v) is 3.31. The maximum atomic E-state index is 12.4. The number of para-hydroxylation sites is 2. The maximum absolute atomic E-state index is 12.4. The van der Waals surface area contributed by atoms with Crippen molar-refractivity contribution in [3.8, 4) is 5.75 Å². The van der Waals surface area contributed by atoms with Crippen molar-refractivity contribution in [1.29, 1.82) is 0 Å². The number of nitrogens with one attached hydrogen (secondary N) is 1. The number of fused-ring (bicyclic) bond motifs is 2. The van der Waals surface area contributed by atoms with Gasteiger partial charge in [0.05, 0.1) is 17.5 Å². The van der Waals surface area contributed by atoms with Crippen molar-refractivity contribution in [1.82, 2.24) is 0 Å². The second-order valence-electron chi connectivity index (χ2n) is 5.34. The molecular formula is C15H15NO4. The molecule has 2 aliphatic carbocycles. The third-order valence-corrected chi connectivity index (χ3v) is 4.21. The molecule has 5 heteroatoms. The van der Waals surface area contributed by atoms with Gasteiger partial charge in [-0.15, -0.1) is 0 Å². The minimum Gasteiger partial charge on any atom is -0.506 e. The zero-order valence-electron chi connectivity index (χ0n) is 10.7. The molecule has 1 aromatic carbocycles. The first-order valence-electron chi connectivity index (χ1n) is 6.58. The van der Waals surface area contributed by atoms with E-state index in [0.717, 1.165) is 6.42 Å². The summed E-state index contributed by atoms with van der Waals surface area (Å²) in [4.78, 5) is 23.7. The van der Waals surface area contributed by atoms with Gasteiger partial charge >= 0.3 is 5.97 Å². The number of hydrogen-bond acceptors (Lipinski definition) is 3. The van der Waals surface area contributed by atoms with E-state index in [0.29, 0.717) is 5.69 Å². The molecule has 104 valence electrons. The highest BCUT2D eigenvalue weighted by Crippen LogP contribution is 2.48. The molecule has 4 atom stereocenters. The Kier molecular flexibility index (Phi) is 2.97. The van der Waals surface area contributed by atoms with Crippen molar-refractivity contribution in [3.63, 3.8) is 0 Å². The zero-order chi connectivity index (χ0) is 14.3. The molecule has 1 fully saturated rings. The lowest BCUT2D eigenvalue weighted by Crippen LogP contribution is -2.36. The van der Waals surface area contributed by atoms with Gasteiger partial charge < -0.3 is 15.5 Å². The normalized spacial score (nSPS) is 30.4. The van der Waals surface area contributed by atoms with Crippen LogP contribution in [0.15, 0.2) is 36.4 Å². The number of aliphatic carboxylic acids is 1. The first-order chi connectivity index (χ1) is 9.58. The molecule has 5 nitrogen and oxygen atoms in total. The van der Waals surface area contributed by atoms with Crippen molar-refractivity contribution in [2.24, 2.45) is 23.7 Å². The van der Waals surface area contributed by atoms with Gasteiger partial charge in [-0.1, -0.05) is 24.3 Å². The van der Waals surface area contributed by atoms with Gasteiger partial charge in [0.2, 0.25) is 5.91 Å². The van der Waals surface area contributed by atoms with Crippen LogP contribution < -0.4 is 5.32 Å². The number of phenols is 1. The molecule has 0 heterocycles. The molecule has 3 rings (SSSR count). The van der Waals surface area contributed by atoms with E-state index in [4.69, 9.17) is 0 Å². The van der Waals surface area contributed by atoms with E-state index in [1.165, 1.54) is 6.07 Å². The van der Waals surface area contributed by atoms with Crippen LogP contribution in [-0.4, -0.2) is 22.1 Å². The third kappa shape index (κ3) is 1.95. The Labute approximate surface area is 115 Å². The van der Waals surface area contributed by atoms with Crippen LogP contribution in [-0.2, 0) is 9.59 Å². The molecular weight excluding hydrogens is 258 g/mol. The number of carboxylic acid groups (broad SMARTS) is 1. The van der Waals surface area contributed by atoms with E-state index in [9.17, 15) is 19.8 Å². The number of allylic oxidation sites excluding steroid dienone is 2. The SMILES string of the molecule is O=C(O)[C@@H]1[C@H](C(=O)Nc2ccccc2O)[C@@H]2C=C[C@H]1C2. The Morgan fingerprint density at radius 2 is 1.75 bits per heavy atom. The van der Waals surface area contributed by atoms with E-state index >= 15 is 0 Å². The van der Waals surface area contributed by atoms with Crippen LogP contribution in [0.5, 0.6) is 5.75 Å². The molecule has 0 aromatic heterocycles. The van der Waals surface area contributed by atoms with Crippen LogP contribution in [0.1, 0.15) is 6.42 Å². The average Bonchev–Trinajstić information content (AvgIpc) is 3.01. The van der Waals surface area contributed by atoms with E-state index in [-0.39, 0.29) is 23.5 Å². The minimum atomic E-state index is -0.931. The predicted molar refractivity (Wildman–Crippen MR) is 72.1 cm³/mol. The highest BCUT2D eigenvalue weighted by atomic mass is 16.4. The number of amides is 1. The third-order valence-electron chi connectivity index (χ3n) is 4.21. The quantitative estimate of drug-likeness (QED) is 0.579. The summed E-state index contributed by atoms with van der Waals surface area (Å²) < 4.78 is 0. The van der Waals surface area contributed by atoms with Gasteiger partial charge in [0, 0.05) is 0 Å². The largest absolute Gasteiger partial charge is 0.506 e. The fraction of sp³-hybridized carbons (Fsp3) is 0.333. The number of carbonyl (C=O) groups excluding carboxylic acids is 1. The summed E-state index contributed by atoms with van der Waals surface area (Å²) in [5.74, 6) is -2.61. The van der Waals surface area contributed by atoms with Crippen LogP contribution in [0.2, 0.25) is 0 Å². The van der Waals surface area contributed by atoms with Crippen LogP contribution in [0.3, 0.4) is 0 Å². The number of anilines is 1. The van der Waals surface area contributed by atoms with E-state index < -0.39 is 17.8 Å². The Morgan fingerprint density at radius 3 is 2.40 bits per heavy atom. The van der Waals surface area contributed by atoms with Gasteiger partial charge in [-0.25, -0.2) is 0 Å². The molecule has 2 bridgehead atoms. The standard InChI is InChI=1S/C15H15NO4/c17-11-4-2-1-3-10(11)16-14(18)12-8-5-6-9(7-8)13(12)15(19)20/h1-6,8-9,12-13,17H,7H2,(H,16,18)(H,19,20)/t8-,9+,12-,13+/m1/s1. The highest BCUT2D eigenvalue weighted by molar-refractivity contribution is 5.97. The molecule has 1 saturated carbocycles. The lowest BCUT2D eigenvalue weighted by molar-refractivity contribution is -0.146. The summed E-state index contributed by atoms with van der Waals surface area (Å²) in [5.41, 5.74) is 0.313. The molecule has 20 heavy (non-hydrogen) atoms. The van der Waals surface area contributed by atoms with E-state index in [1.54, 1.807) is 18.2 Å². The number of aromatic hydroxyl groups is 1. The minimum absolute atomic E-state index is 0.0213. The number of rotatable bonds is 3. The van der Waals surface area contributed by atoms with Crippen molar-refractivity contribution >= 4 is 17.6 Å². The smallest absolute Gasteiger partial charge is 0.307 e. The van der Waals surface area contributed by atoms with Crippen molar-refractivity contribution in [3.05, 3.63) is 36.4 Å². The summed E-state index contributed by atoms with van der Waals surface area (Å²) in [6, 6.07) is 6.42. The fourth-order valence-electron chi connectivity index (χ4n) is 3.31. The molecule has 1 aromatic rings. The highest BCUT2D eigenvalue weighted by Gasteiger charge is 2.51. The topological polar surface area (TPSA) is 86.6 Å². The number of phenolic OH excluding ortho intramolecular Hbond substituents is 1. The van der Waals surface area contributed by atoms with Gasteiger partial charge in [-0.3, -0.25) is 9.59 Å². The Bertz CT molecular complexity index is 595. The molecule has 3 N–H and O–H groups in total. The summed E-state index contributed by atoms with van der Waals surface area (Å²) >= 11 is 0. The average molecular weight is 273 g/mol. The molecule has 0 unspecified atom stereocenters. The first kappa shape index (κ1) is 12.7. The monoisotopic (exact) mass is 273 g/mol. The molecule has 0 saturated heterocycles. The lowest BCUT2D eigenvalue weighted by atomic mass is 9.82. The first-order valence-corrected chi connectivity index (χ1v) is 6.58. The van der Waals surface area contributed by atoms with Gasteiger partial charge in [-0.2, -0.15) is 0 Å². The molecule has 2 aliphatic rings. The van der Waals surface area contributed by atoms with Crippen molar-refractivity contribution in [2.45, 2.75) is 6.42 Å². The molecule has 0 aliphatic heterocycles. The summed E-state index contributed by atoms with van der Waals surface area (Å²) in [6.07, 6.45) is 4.54. The van der Waals surface area contributed by atoms with Gasteiger partial charge in [0.25, 0.3) is 0 Å². The number of benzene rings is 1. The molecule has 1 amide bonds. The Hall–Kier alpha value is -2.30. The van der Waals surface area contributed by atoms with Crippen LogP contribution in [0.25, 0.3) is 0 Å². The van der Waals surface area contributed by atoms with Gasteiger partial charge in [-0.05, 0) is 30.4 Å². The second-order valence-corrected chi connectivity index (χ2v) is 5.34. The van der Waals surface area contributed by atoms with Crippen molar-refractivity contribution in [2.75, 3.05) is 5.32 Å². The Balaban J connectivity index is 1.82. The number of carbonyl (C=O) groups is 2. The number of hydrogen-bond donors (Lipinski definition) is 3. The molecule has 0 spiro atoms. The summed E-state index contributed by atoms with van der Waals surface area (Å²) in [5, 5.41) is 21.6. The molecule has 0 radical (unpaired) electrons. The van der Waals surface area contributed by atoms with E-state index in [2.05, 4.69) is 5.32 Å². The van der Waals surface area contributed by atoms with Crippen LogP contribution >= 0.6 is 0 Å². The lowest BCUT2D eigenvalue weighted by Gasteiger charge is -2.24. The van der Waals surface area contributed by atoms with Crippen LogP contribution in [0.4, 0.5) is 5.69 Å². The summed E-state index contributed by atoms with van der Waals surface area (Å²) in [7, 11) is 0. The predicted octanol–water partition coefficient (Wildman–Crippen LogP) is 1.85. The van der Waals surface area contributed by atoms with E-state index in [1.807, 2.05) is 12.2 Å². The zero-order valence-corrected chi connectivity index (χ0v) is 10.7. The number of carboxylic acids is 1. The Morgan fingerprint density at radius 1 is 1.10 bits per heavy atom. The van der Waals surface area contributed by atoms with Gasteiger partial charge in [0.1, 0.15) is 5.75 Å². The van der Waals surface area contributed by atoms with Crippen LogP contribution in [0, 0.1) is 23.7 Å². The van der Waals surface area contributed by atoms with Crippen molar-refractivity contribution < 1.29 is 19.8 Å². The summed E-state index contributed by atoms with van der Waals surface area (Å²) in [6.45, 7) is 0. The van der Waals surface area contributed by atoms with Gasteiger partial charge in [0.15, 0.2) is 0 Å². The second kappa shape index (κ2) is 4.67. The maximum Gasteiger partial charge on any atom is 0.307 e.